The molecule has 0 unspecified atom stereocenters. The summed E-state index contributed by atoms with van der Waals surface area (Å²) < 4.78 is 1.98. The van der Waals surface area contributed by atoms with E-state index < -0.39 is 0 Å². The molecule has 106 valence electrons. The van der Waals surface area contributed by atoms with Crippen LogP contribution in [0.4, 0.5) is 11.4 Å². The van der Waals surface area contributed by atoms with Crippen molar-refractivity contribution in [3.63, 3.8) is 0 Å². The average molecular weight is 270 g/mol. The van der Waals surface area contributed by atoms with E-state index in [1.54, 1.807) is 0 Å². The molecule has 1 aromatic carbocycles. The highest BCUT2D eigenvalue weighted by Gasteiger charge is 2.08. The number of aryl methyl sites for hydroxylation is 2. The van der Waals surface area contributed by atoms with Crippen molar-refractivity contribution >= 4 is 17.6 Å². The number of aliphatic imine (C=N–C) groups is 1. The van der Waals surface area contributed by atoms with Gasteiger partial charge >= 0.3 is 0 Å². The zero-order chi connectivity index (χ0) is 14.7. The Labute approximate surface area is 120 Å². The lowest BCUT2D eigenvalue weighted by molar-refractivity contribution is 0.634. The second-order valence-corrected chi connectivity index (χ2v) is 5.08. The van der Waals surface area contributed by atoms with Gasteiger partial charge < -0.3 is 4.90 Å². The van der Waals surface area contributed by atoms with Crippen molar-refractivity contribution in [1.82, 2.24) is 9.78 Å². The fourth-order valence-electron chi connectivity index (χ4n) is 2.18. The number of anilines is 1. The normalized spacial score (nSPS) is 11.2. The lowest BCUT2D eigenvalue weighted by Gasteiger charge is -2.11. The lowest BCUT2D eigenvalue weighted by Crippen LogP contribution is -2.08. The summed E-state index contributed by atoms with van der Waals surface area (Å²) in [5.74, 6) is 0. The van der Waals surface area contributed by atoms with Crippen LogP contribution in [-0.4, -0.2) is 30.1 Å². The van der Waals surface area contributed by atoms with Gasteiger partial charge in [-0.2, -0.15) is 5.10 Å². The molecule has 2 aromatic rings. The molecule has 0 saturated carbocycles. The van der Waals surface area contributed by atoms with E-state index in [2.05, 4.69) is 53.1 Å². The van der Waals surface area contributed by atoms with Crippen LogP contribution in [0.5, 0.6) is 0 Å². The van der Waals surface area contributed by atoms with Crippen LogP contribution in [-0.2, 0) is 6.54 Å². The van der Waals surface area contributed by atoms with Gasteiger partial charge in [0, 0.05) is 32.5 Å². The highest BCUT2D eigenvalue weighted by Crippen LogP contribution is 2.22. The number of rotatable bonds is 4. The van der Waals surface area contributed by atoms with Gasteiger partial charge in [-0.05, 0) is 38.5 Å². The van der Waals surface area contributed by atoms with Gasteiger partial charge in [0.2, 0.25) is 0 Å². The topological polar surface area (TPSA) is 33.4 Å². The summed E-state index contributed by atoms with van der Waals surface area (Å²) in [5, 5.41) is 4.47. The molecule has 1 aromatic heterocycles. The van der Waals surface area contributed by atoms with E-state index in [0.29, 0.717) is 0 Å². The average Bonchev–Trinajstić information content (AvgIpc) is 2.71. The lowest BCUT2D eigenvalue weighted by atomic mass is 10.2. The molecule has 0 radical (unpaired) electrons. The standard InChI is InChI=1S/C16H22N4/c1-6-20-13(3)16(12(2)18-20)17-11-14-7-9-15(10-8-14)19(4)5/h7-11H,6H2,1-5H3. The number of hydrogen-bond donors (Lipinski definition) is 0. The van der Waals surface area contributed by atoms with Gasteiger partial charge in [-0.3, -0.25) is 9.67 Å². The number of hydrogen-bond acceptors (Lipinski definition) is 3. The molecule has 0 aliphatic carbocycles. The smallest absolute Gasteiger partial charge is 0.107 e. The SMILES string of the molecule is CCn1nc(C)c(N=Cc2ccc(N(C)C)cc2)c1C. The van der Waals surface area contributed by atoms with E-state index in [0.717, 1.165) is 29.2 Å². The first kappa shape index (κ1) is 14.3. The third kappa shape index (κ3) is 2.90. The van der Waals surface area contributed by atoms with E-state index >= 15 is 0 Å². The molecule has 4 nitrogen and oxygen atoms in total. The highest BCUT2D eigenvalue weighted by atomic mass is 15.3. The molecule has 0 aliphatic heterocycles. The van der Waals surface area contributed by atoms with E-state index in [9.17, 15) is 0 Å². The molecule has 0 amide bonds. The van der Waals surface area contributed by atoms with Gasteiger partial charge in [0.25, 0.3) is 0 Å². The van der Waals surface area contributed by atoms with Gasteiger partial charge in [0.15, 0.2) is 0 Å². The fourth-order valence-corrected chi connectivity index (χ4v) is 2.18. The third-order valence-electron chi connectivity index (χ3n) is 3.40. The van der Waals surface area contributed by atoms with Crippen LogP contribution >= 0.6 is 0 Å². The maximum atomic E-state index is 4.60. The summed E-state index contributed by atoms with van der Waals surface area (Å²) in [5.41, 5.74) is 5.35. The maximum absolute atomic E-state index is 4.60. The Hall–Kier alpha value is -2.10. The van der Waals surface area contributed by atoms with Gasteiger partial charge in [-0.25, -0.2) is 0 Å². The van der Waals surface area contributed by atoms with E-state index in [4.69, 9.17) is 0 Å². The Balaban J connectivity index is 2.23. The van der Waals surface area contributed by atoms with Crippen molar-refractivity contribution in [2.45, 2.75) is 27.3 Å². The van der Waals surface area contributed by atoms with Gasteiger partial charge in [0.05, 0.1) is 11.4 Å². The summed E-state index contributed by atoms with van der Waals surface area (Å²) >= 11 is 0. The molecule has 1 heterocycles. The molecule has 20 heavy (non-hydrogen) atoms. The second kappa shape index (κ2) is 5.90. The Morgan fingerprint density at radius 1 is 1.20 bits per heavy atom. The summed E-state index contributed by atoms with van der Waals surface area (Å²) in [6.45, 7) is 7.03. The van der Waals surface area contributed by atoms with Gasteiger partial charge in [0.1, 0.15) is 5.69 Å². The van der Waals surface area contributed by atoms with E-state index in [1.807, 2.05) is 31.9 Å². The molecule has 0 fully saturated rings. The zero-order valence-corrected chi connectivity index (χ0v) is 12.9. The van der Waals surface area contributed by atoms with Crippen LogP contribution in [0.25, 0.3) is 0 Å². The molecule has 4 heteroatoms. The molecular formula is C16H22N4. The first-order valence-corrected chi connectivity index (χ1v) is 6.88. The van der Waals surface area contributed by atoms with Gasteiger partial charge in [-0.15, -0.1) is 0 Å². The molecule has 0 bridgehead atoms. The van der Waals surface area contributed by atoms with Crippen LogP contribution in [0.1, 0.15) is 23.9 Å². The van der Waals surface area contributed by atoms with E-state index in [-0.39, 0.29) is 0 Å². The minimum atomic E-state index is 0.875. The molecular weight excluding hydrogens is 248 g/mol. The maximum Gasteiger partial charge on any atom is 0.107 e. The van der Waals surface area contributed by atoms with Crippen LogP contribution in [0.2, 0.25) is 0 Å². The molecule has 0 atom stereocenters. The first-order valence-electron chi connectivity index (χ1n) is 6.88. The summed E-state index contributed by atoms with van der Waals surface area (Å²) in [4.78, 5) is 6.68. The molecule has 2 rings (SSSR count). The second-order valence-electron chi connectivity index (χ2n) is 5.08. The van der Waals surface area contributed by atoms with Gasteiger partial charge in [-0.1, -0.05) is 12.1 Å². The van der Waals surface area contributed by atoms with Crippen molar-refractivity contribution in [1.29, 1.82) is 0 Å². The minimum Gasteiger partial charge on any atom is -0.378 e. The van der Waals surface area contributed by atoms with Crippen molar-refractivity contribution in [2.75, 3.05) is 19.0 Å². The summed E-state index contributed by atoms with van der Waals surface area (Å²) in [7, 11) is 4.07. The van der Waals surface area contributed by atoms with Crippen molar-refractivity contribution in [3.05, 3.63) is 41.2 Å². The highest BCUT2D eigenvalue weighted by molar-refractivity contribution is 5.83. The monoisotopic (exact) mass is 270 g/mol. The van der Waals surface area contributed by atoms with Crippen LogP contribution in [0.15, 0.2) is 29.3 Å². The predicted octanol–water partition coefficient (Wildman–Crippen LogP) is 3.34. The molecule has 0 aliphatic rings. The van der Waals surface area contributed by atoms with E-state index in [1.165, 1.54) is 5.69 Å². The minimum absolute atomic E-state index is 0.875. The number of benzene rings is 1. The Bertz CT molecular complexity index is 606. The fraction of sp³-hybridized carbons (Fsp3) is 0.375. The van der Waals surface area contributed by atoms with Crippen LogP contribution < -0.4 is 4.90 Å². The molecule has 0 N–H and O–H groups in total. The third-order valence-corrected chi connectivity index (χ3v) is 3.40. The van der Waals surface area contributed by atoms with Crippen LogP contribution in [0, 0.1) is 13.8 Å². The molecule has 0 saturated heterocycles. The summed E-state index contributed by atoms with van der Waals surface area (Å²) in [6, 6.07) is 8.34. The largest absolute Gasteiger partial charge is 0.378 e. The van der Waals surface area contributed by atoms with Crippen molar-refractivity contribution < 1.29 is 0 Å². The Morgan fingerprint density at radius 2 is 1.85 bits per heavy atom. The Morgan fingerprint density at radius 3 is 2.35 bits per heavy atom. The van der Waals surface area contributed by atoms with Crippen molar-refractivity contribution in [2.24, 2.45) is 4.99 Å². The Kier molecular flexibility index (Phi) is 4.23. The van der Waals surface area contributed by atoms with Crippen molar-refractivity contribution in [3.8, 4) is 0 Å². The quantitative estimate of drug-likeness (QED) is 0.798. The molecule has 0 spiro atoms. The number of nitrogens with zero attached hydrogens (tertiary/aromatic N) is 4. The first-order chi connectivity index (χ1) is 9.52. The zero-order valence-electron chi connectivity index (χ0n) is 12.9. The summed E-state index contributed by atoms with van der Waals surface area (Å²) in [6.07, 6.45) is 1.90. The predicted molar refractivity (Wildman–Crippen MR) is 85.4 cm³/mol. The van der Waals surface area contributed by atoms with Crippen LogP contribution in [0.3, 0.4) is 0 Å². The number of aromatic nitrogens is 2.